The van der Waals surface area contributed by atoms with E-state index in [1.54, 1.807) is 0 Å². The largest absolute Gasteiger partial charge is 0.391 e. The van der Waals surface area contributed by atoms with Crippen LogP contribution < -0.4 is 0 Å². The van der Waals surface area contributed by atoms with Crippen molar-refractivity contribution >= 4 is 0 Å². The van der Waals surface area contributed by atoms with E-state index in [2.05, 4.69) is 0 Å². The fraction of sp³-hybridized carbons (Fsp3) is 1.00. The van der Waals surface area contributed by atoms with E-state index in [0.717, 1.165) is 6.92 Å². The van der Waals surface area contributed by atoms with E-state index in [-0.39, 0.29) is 0 Å². The maximum atomic E-state index is 11.1. The first kappa shape index (κ1) is 7.75. The Labute approximate surface area is 45.1 Å². The summed E-state index contributed by atoms with van der Waals surface area (Å²) in [5.74, 6) is 0. The van der Waals surface area contributed by atoms with Crippen LogP contribution in [0.5, 0.6) is 0 Å². The fourth-order valence-corrected chi connectivity index (χ4v) is 0.326. The minimum absolute atomic E-state index is 0.994. The van der Waals surface area contributed by atoms with Gasteiger partial charge in [-0.15, -0.1) is 0 Å². The molecule has 0 heterocycles. The maximum Gasteiger partial charge on any atom is 0.391 e. The first-order chi connectivity index (χ1) is 3.42. The molecule has 0 aromatic heterocycles. The number of hydrogen-bond donors (Lipinski definition) is 0. The lowest BCUT2D eigenvalue weighted by Gasteiger charge is -2.04. The van der Waals surface area contributed by atoms with Crippen molar-refractivity contribution in [2.45, 2.75) is 25.6 Å². The zero-order valence-electron chi connectivity index (χ0n) is 4.33. The molecule has 0 saturated heterocycles. The van der Waals surface area contributed by atoms with Gasteiger partial charge in [-0.05, 0) is 6.92 Å². The van der Waals surface area contributed by atoms with Crippen molar-refractivity contribution in [1.29, 1.82) is 0 Å². The molecule has 0 amide bonds. The van der Waals surface area contributed by atoms with E-state index in [4.69, 9.17) is 0 Å². The van der Waals surface area contributed by atoms with E-state index < -0.39 is 18.7 Å². The Morgan fingerprint density at radius 3 is 1.88 bits per heavy atom. The van der Waals surface area contributed by atoms with Gasteiger partial charge in [-0.1, -0.05) is 0 Å². The molecule has 49 valence electrons. The SMILES string of the molecule is CC([O])CC(F)(F)F. The highest BCUT2D eigenvalue weighted by Crippen LogP contribution is 2.20. The monoisotopic (exact) mass is 127 g/mol. The first-order valence-corrected chi connectivity index (χ1v) is 2.14. The zero-order chi connectivity index (χ0) is 6.78. The van der Waals surface area contributed by atoms with Crippen LogP contribution in [0.25, 0.3) is 0 Å². The number of halogens is 3. The lowest BCUT2D eigenvalue weighted by atomic mass is 10.3. The molecule has 0 saturated carbocycles. The predicted octanol–water partition coefficient (Wildman–Crippen LogP) is 1.76. The highest BCUT2D eigenvalue weighted by atomic mass is 19.4. The van der Waals surface area contributed by atoms with Gasteiger partial charge in [0.1, 0.15) is 0 Å². The number of hydrogen-bond acceptors (Lipinski definition) is 0. The molecular formula is C4H6F3O. The third kappa shape index (κ3) is 5.75. The van der Waals surface area contributed by atoms with Gasteiger partial charge in [-0.3, -0.25) is 0 Å². The molecule has 0 aromatic rings. The smallest absolute Gasteiger partial charge is 0.233 e. The molecule has 4 heteroatoms. The highest BCUT2D eigenvalue weighted by Gasteiger charge is 2.29. The van der Waals surface area contributed by atoms with Crippen molar-refractivity contribution in [3.05, 3.63) is 0 Å². The highest BCUT2D eigenvalue weighted by molar-refractivity contribution is 4.54. The van der Waals surface area contributed by atoms with Crippen molar-refractivity contribution in [1.82, 2.24) is 0 Å². The Morgan fingerprint density at radius 2 is 1.88 bits per heavy atom. The van der Waals surface area contributed by atoms with Gasteiger partial charge >= 0.3 is 6.18 Å². The minimum atomic E-state index is -4.29. The second kappa shape index (κ2) is 2.35. The average Bonchev–Trinajstić information content (AvgIpc) is 1.21. The van der Waals surface area contributed by atoms with Crippen LogP contribution in [0.1, 0.15) is 13.3 Å². The molecule has 1 nitrogen and oxygen atoms in total. The molecule has 0 aromatic carbocycles. The van der Waals surface area contributed by atoms with E-state index in [9.17, 15) is 18.3 Å². The van der Waals surface area contributed by atoms with Crippen LogP contribution in [0, 0.1) is 0 Å². The Hall–Kier alpha value is -0.250. The predicted molar refractivity (Wildman–Crippen MR) is 20.8 cm³/mol. The summed E-state index contributed by atoms with van der Waals surface area (Å²) in [6.07, 6.45) is -7.05. The molecule has 0 rings (SSSR count). The van der Waals surface area contributed by atoms with Gasteiger partial charge in [0, 0.05) is 0 Å². The van der Waals surface area contributed by atoms with E-state index in [0.29, 0.717) is 0 Å². The van der Waals surface area contributed by atoms with Gasteiger partial charge in [0.15, 0.2) is 0 Å². The van der Waals surface area contributed by atoms with Gasteiger partial charge in [0.2, 0.25) is 0 Å². The number of alkyl halides is 3. The second-order valence-corrected chi connectivity index (χ2v) is 1.63. The summed E-state index contributed by atoms with van der Waals surface area (Å²) in [7, 11) is 0. The van der Waals surface area contributed by atoms with Crippen molar-refractivity contribution in [2.24, 2.45) is 0 Å². The molecule has 0 bridgehead atoms. The van der Waals surface area contributed by atoms with Crippen LogP contribution in [-0.4, -0.2) is 12.3 Å². The quantitative estimate of drug-likeness (QED) is 0.511. The molecule has 1 unspecified atom stereocenters. The lowest BCUT2D eigenvalue weighted by Crippen LogP contribution is -2.14. The van der Waals surface area contributed by atoms with Crippen molar-refractivity contribution in [3.8, 4) is 0 Å². The van der Waals surface area contributed by atoms with E-state index >= 15 is 0 Å². The van der Waals surface area contributed by atoms with Crippen LogP contribution in [-0.2, 0) is 5.11 Å². The van der Waals surface area contributed by atoms with Gasteiger partial charge in [-0.2, -0.15) is 13.2 Å². The molecule has 0 aliphatic rings. The van der Waals surface area contributed by atoms with Gasteiger partial charge in [0.25, 0.3) is 0 Å². The summed E-state index contributed by atoms with van der Waals surface area (Å²) in [4.78, 5) is 0. The standard InChI is InChI=1S/C4H6F3O/c1-3(8)2-4(5,6)7/h3H,2H2,1H3. The van der Waals surface area contributed by atoms with Crippen LogP contribution in [0.4, 0.5) is 13.2 Å². The molecule has 0 spiro atoms. The van der Waals surface area contributed by atoms with Crippen LogP contribution in [0.3, 0.4) is 0 Å². The number of rotatable bonds is 1. The Bertz CT molecular complexity index is 66.2. The van der Waals surface area contributed by atoms with Crippen LogP contribution in [0.2, 0.25) is 0 Å². The molecule has 0 fully saturated rings. The summed E-state index contributed by atoms with van der Waals surface area (Å²) in [5, 5.41) is 9.82. The summed E-state index contributed by atoms with van der Waals surface area (Å²) >= 11 is 0. The van der Waals surface area contributed by atoms with Crippen LogP contribution >= 0.6 is 0 Å². The van der Waals surface area contributed by atoms with E-state index in [1.165, 1.54) is 0 Å². The van der Waals surface area contributed by atoms with Crippen molar-refractivity contribution in [2.75, 3.05) is 0 Å². The molecule has 0 aliphatic heterocycles. The Balaban J connectivity index is 3.39. The molecule has 1 radical (unpaired) electrons. The summed E-state index contributed by atoms with van der Waals surface area (Å²) in [5.41, 5.74) is 0. The van der Waals surface area contributed by atoms with Gasteiger partial charge < -0.3 is 0 Å². The molecule has 1 atom stereocenters. The summed E-state index contributed by atoms with van der Waals surface area (Å²) < 4.78 is 33.3. The Kier molecular flexibility index (Phi) is 2.27. The van der Waals surface area contributed by atoms with Crippen molar-refractivity contribution < 1.29 is 18.3 Å². The molecule has 0 N–H and O–H groups in total. The van der Waals surface area contributed by atoms with E-state index in [1.807, 2.05) is 0 Å². The van der Waals surface area contributed by atoms with Gasteiger partial charge in [-0.25, -0.2) is 5.11 Å². The average molecular weight is 127 g/mol. The second-order valence-electron chi connectivity index (χ2n) is 1.63. The lowest BCUT2D eigenvalue weighted by molar-refractivity contribution is -0.157. The van der Waals surface area contributed by atoms with Crippen molar-refractivity contribution in [3.63, 3.8) is 0 Å². The summed E-state index contributed by atoms with van der Waals surface area (Å²) in [6, 6.07) is 0. The topological polar surface area (TPSA) is 19.9 Å². The normalized spacial score (nSPS) is 16.1. The third-order valence-electron chi connectivity index (χ3n) is 0.519. The Morgan fingerprint density at radius 1 is 1.50 bits per heavy atom. The molecule has 8 heavy (non-hydrogen) atoms. The fourth-order valence-electron chi connectivity index (χ4n) is 0.326. The molecular weight excluding hydrogens is 121 g/mol. The minimum Gasteiger partial charge on any atom is -0.233 e. The first-order valence-electron chi connectivity index (χ1n) is 2.14. The summed E-state index contributed by atoms with van der Waals surface area (Å²) in [6.45, 7) is 0.994. The maximum absolute atomic E-state index is 11.1. The third-order valence-corrected chi connectivity index (χ3v) is 0.519. The zero-order valence-corrected chi connectivity index (χ0v) is 4.33. The van der Waals surface area contributed by atoms with Crippen LogP contribution in [0.15, 0.2) is 0 Å². The molecule has 0 aliphatic carbocycles. The van der Waals surface area contributed by atoms with Gasteiger partial charge in [0.05, 0.1) is 12.5 Å².